The summed E-state index contributed by atoms with van der Waals surface area (Å²) in [6.07, 6.45) is -0.431. The number of aryl methyl sites for hydroxylation is 2. The third-order valence-electron chi connectivity index (χ3n) is 3.85. The second kappa shape index (κ2) is 6.60. The van der Waals surface area contributed by atoms with E-state index >= 15 is 0 Å². The topological polar surface area (TPSA) is 71.7 Å². The van der Waals surface area contributed by atoms with Crippen molar-refractivity contribution < 1.29 is 14.9 Å². The van der Waals surface area contributed by atoms with E-state index in [1.165, 1.54) is 4.57 Å². The number of nitrogens with zero attached hydrogens (tertiary/aromatic N) is 1. The Kier molecular flexibility index (Phi) is 5.01. The molecule has 2 rings (SSSR count). The number of fused-ring (bicyclic) bond motifs is 1. The number of rotatable bonds is 5. The molecule has 2 aromatic rings. The third kappa shape index (κ3) is 3.21. The molecule has 0 bridgehead atoms. The Morgan fingerprint density at radius 1 is 1.27 bits per heavy atom. The molecule has 0 spiro atoms. The van der Waals surface area contributed by atoms with Crippen molar-refractivity contribution in [2.45, 2.75) is 46.1 Å². The van der Waals surface area contributed by atoms with Crippen LogP contribution in [0, 0.1) is 13.8 Å². The lowest BCUT2D eigenvalue weighted by Gasteiger charge is -2.24. The second-order valence-corrected chi connectivity index (χ2v) is 5.77. The highest BCUT2D eigenvalue weighted by molar-refractivity contribution is 5.85. The summed E-state index contributed by atoms with van der Waals surface area (Å²) in [5.74, 6) is 0. The molecule has 0 saturated heterocycles. The zero-order chi connectivity index (χ0) is 16.4. The van der Waals surface area contributed by atoms with E-state index in [-0.39, 0.29) is 12.2 Å². The highest BCUT2D eigenvalue weighted by Crippen LogP contribution is 2.19. The summed E-state index contributed by atoms with van der Waals surface area (Å²) in [5, 5.41) is 20.4. The normalized spacial score (nSPS) is 15.7. The molecule has 22 heavy (non-hydrogen) atoms. The number of hydrogen-bond acceptors (Lipinski definition) is 4. The quantitative estimate of drug-likeness (QED) is 0.885. The molecule has 1 aromatic carbocycles. The van der Waals surface area contributed by atoms with Gasteiger partial charge in [-0.1, -0.05) is 17.7 Å². The summed E-state index contributed by atoms with van der Waals surface area (Å²) in [6.45, 7) is 6.88. The maximum absolute atomic E-state index is 12.7. The van der Waals surface area contributed by atoms with Gasteiger partial charge in [0, 0.05) is 6.20 Å². The first kappa shape index (κ1) is 16.7. The molecule has 5 heteroatoms. The van der Waals surface area contributed by atoms with Crippen LogP contribution in [0.15, 0.2) is 29.2 Å². The van der Waals surface area contributed by atoms with Crippen LogP contribution in [0.5, 0.6) is 0 Å². The van der Waals surface area contributed by atoms with Crippen LogP contribution in [-0.4, -0.2) is 33.6 Å². The molecule has 0 aliphatic carbocycles. The van der Waals surface area contributed by atoms with Gasteiger partial charge in [-0.3, -0.25) is 9.36 Å². The summed E-state index contributed by atoms with van der Waals surface area (Å²) in [6, 6.07) is 5.84. The van der Waals surface area contributed by atoms with Gasteiger partial charge in [-0.25, -0.2) is 0 Å². The average molecular weight is 305 g/mol. The molecule has 3 atom stereocenters. The minimum absolute atomic E-state index is 0.134. The van der Waals surface area contributed by atoms with Crippen LogP contribution < -0.4 is 5.56 Å². The van der Waals surface area contributed by atoms with E-state index in [0.29, 0.717) is 5.39 Å². The number of aliphatic hydroxyl groups excluding tert-OH is 2. The van der Waals surface area contributed by atoms with Crippen molar-refractivity contribution >= 4 is 10.8 Å². The van der Waals surface area contributed by atoms with Gasteiger partial charge in [0.1, 0.15) is 12.3 Å². The number of benzene rings is 1. The van der Waals surface area contributed by atoms with Crippen LogP contribution in [0.4, 0.5) is 0 Å². The molecule has 0 fully saturated rings. The SMILES string of the molecule is Cc1cc(C)c2c(=O)n(C(C)O[C@H](CO)C(C)O)ccc2c1. The van der Waals surface area contributed by atoms with E-state index < -0.39 is 18.4 Å². The Bertz CT molecular complexity index is 720. The van der Waals surface area contributed by atoms with Crippen molar-refractivity contribution in [1.29, 1.82) is 0 Å². The van der Waals surface area contributed by atoms with E-state index in [2.05, 4.69) is 0 Å². The monoisotopic (exact) mass is 305 g/mol. The Balaban J connectivity index is 2.44. The molecule has 2 unspecified atom stereocenters. The van der Waals surface area contributed by atoms with Crippen LogP contribution >= 0.6 is 0 Å². The lowest BCUT2D eigenvalue weighted by atomic mass is 10.0. The van der Waals surface area contributed by atoms with Gasteiger partial charge in [-0.15, -0.1) is 0 Å². The molecule has 0 saturated carbocycles. The van der Waals surface area contributed by atoms with Crippen molar-refractivity contribution in [3.05, 3.63) is 45.9 Å². The summed E-state index contributed by atoms with van der Waals surface area (Å²) < 4.78 is 7.09. The molecule has 0 aliphatic heterocycles. The predicted molar refractivity (Wildman–Crippen MR) is 86.0 cm³/mol. The van der Waals surface area contributed by atoms with Gasteiger partial charge in [0.25, 0.3) is 5.56 Å². The molecule has 5 nitrogen and oxygen atoms in total. The molecule has 120 valence electrons. The van der Waals surface area contributed by atoms with Gasteiger partial charge in [0.15, 0.2) is 0 Å². The van der Waals surface area contributed by atoms with Gasteiger partial charge in [0.05, 0.1) is 18.1 Å². The fourth-order valence-corrected chi connectivity index (χ4v) is 2.70. The van der Waals surface area contributed by atoms with E-state index in [0.717, 1.165) is 16.5 Å². The minimum Gasteiger partial charge on any atom is -0.394 e. The highest BCUT2D eigenvalue weighted by atomic mass is 16.5. The zero-order valence-electron chi connectivity index (χ0n) is 13.4. The van der Waals surface area contributed by atoms with E-state index in [9.17, 15) is 15.0 Å². The molecule has 2 N–H and O–H groups in total. The molecule has 0 aliphatic rings. The molecule has 0 radical (unpaired) electrons. The molecular formula is C17H23NO4. The number of ether oxygens (including phenoxy) is 1. The number of aromatic nitrogens is 1. The zero-order valence-corrected chi connectivity index (χ0v) is 13.4. The molecule has 1 aromatic heterocycles. The first-order chi connectivity index (χ1) is 10.3. The average Bonchev–Trinajstić information content (AvgIpc) is 2.43. The van der Waals surface area contributed by atoms with E-state index in [1.54, 1.807) is 20.0 Å². The Labute approximate surface area is 129 Å². The fourth-order valence-electron chi connectivity index (χ4n) is 2.70. The highest BCUT2D eigenvalue weighted by Gasteiger charge is 2.20. The van der Waals surface area contributed by atoms with Gasteiger partial charge in [-0.2, -0.15) is 0 Å². The summed E-state index contributed by atoms with van der Waals surface area (Å²) >= 11 is 0. The maximum Gasteiger partial charge on any atom is 0.260 e. The summed E-state index contributed by atoms with van der Waals surface area (Å²) in [7, 11) is 0. The van der Waals surface area contributed by atoms with Crippen molar-refractivity contribution in [2.24, 2.45) is 0 Å². The van der Waals surface area contributed by atoms with E-state index in [4.69, 9.17) is 4.74 Å². The third-order valence-corrected chi connectivity index (χ3v) is 3.85. The van der Waals surface area contributed by atoms with Crippen molar-refractivity contribution in [1.82, 2.24) is 4.57 Å². The first-order valence-corrected chi connectivity index (χ1v) is 7.41. The first-order valence-electron chi connectivity index (χ1n) is 7.41. The largest absolute Gasteiger partial charge is 0.394 e. The van der Waals surface area contributed by atoms with Crippen molar-refractivity contribution in [3.63, 3.8) is 0 Å². The fraction of sp³-hybridized carbons (Fsp3) is 0.471. The van der Waals surface area contributed by atoms with Crippen LogP contribution in [0.25, 0.3) is 10.8 Å². The number of pyridine rings is 1. The number of aliphatic hydroxyl groups is 2. The standard InChI is InChI=1S/C17H23NO4/c1-10-7-11(2)16-14(8-10)5-6-18(17(16)21)13(4)22-15(9-19)12(3)20/h5-8,12-13,15,19-20H,9H2,1-4H3/t12?,13?,15-/m1/s1. The van der Waals surface area contributed by atoms with Crippen LogP contribution in [0.3, 0.4) is 0 Å². The van der Waals surface area contributed by atoms with Crippen molar-refractivity contribution in [3.8, 4) is 0 Å². The van der Waals surface area contributed by atoms with Crippen LogP contribution in [0.1, 0.15) is 31.2 Å². The smallest absolute Gasteiger partial charge is 0.260 e. The minimum atomic E-state index is -0.812. The van der Waals surface area contributed by atoms with Gasteiger partial charge in [-0.05, 0) is 44.7 Å². The predicted octanol–water partition coefficient (Wildman–Crippen LogP) is 1.90. The van der Waals surface area contributed by atoms with Crippen LogP contribution in [-0.2, 0) is 4.74 Å². The molecule has 1 heterocycles. The number of hydrogen-bond donors (Lipinski definition) is 2. The Morgan fingerprint density at radius 3 is 2.55 bits per heavy atom. The second-order valence-electron chi connectivity index (χ2n) is 5.77. The lowest BCUT2D eigenvalue weighted by molar-refractivity contribution is -0.112. The Hall–Kier alpha value is -1.69. The maximum atomic E-state index is 12.7. The molecule has 0 amide bonds. The Morgan fingerprint density at radius 2 is 1.95 bits per heavy atom. The van der Waals surface area contributed by atoms with Crippen LogP contribution in [0.2, 0.25) is 0 Å². The van der Waals surface area contributed by atoms with Gasteiger partial charge < -0.3 is 14.9 Å². The van der Waals surface area contributed by atoms with Crippen molar-refractivity contribution in [2.75, 3.05) is 6.61 Å². The van der Waals surface area contributed by atoms with Gasteiger partial charge in [0.2, 0.25) is 0 Å². The summed E-state index contributed by atoms with van der Waals surface area (Å²) in [4.78, 5) is 12.7. The van der Waals surface area contributed by atoms with E-state index in [1.807, 2.05) is 32.0 Å². The lowest BCUT2D eigenvalue weighted by Crippen LogP contribution is -2.35. The molecular weight excluding hydrogens is 282 g/mol. The van der Waals surface area contributed by atoms with Gasteiger partial charge >= 0.3 is 0 Å². The summed E-state index contributed by atoms with van der Waals surface area (Å²) in [5.41, 5.74) is 1.90.